The number of benzene rings is 4. The van der Waals surface area contributed by atoms with E-state index < -0.39 is 240 Å². The highest BCUT2D eigenvalue weighted by atomic mass is 33.1. The maximum atomic E-state index is 16.1. The second-order valence-electron chi connectivity index (χ2n) is 35.0. The zero-order valence-corrected chi connectivity index (χ0v) is 83.0. The van der Waals surface area contributed by atoms with E-state index in [0.717, 1.165) is 12.3 Å². The van der Waals surface area contributed by atoms with E-state index in [1.165, 1.54) is 53.4 Å². The minimum atomic E-state index is -1.95. The molecule has 2 aliphatic heterocycles. The number of nitrogens with zero attached hydrogens (tertiary/aromatic N) is 1. The van der Waals surface area contributed by atoms with Crippen LogP contribution in [0.2, 0.25) is 0 Å². The van der Waals surface area contributed by atoms with E-state index in [-0.39, 0.29) is 192 Å². The van der Waals surface area contributed by atoms with Gasteiger partial charge in [-0.3, -0.25) is 83.4 Å². The topological polar surface area (TPSA) is 879 Å². The van der Waals surface area contributed by atoms with Gasteiger partial charge in [-0.15, -0.1) is 0 Å². The predicted octanol–water partition coefficient (Wildman–Crippen LogP) is -5.53. The van der Waals surface area contributed by atoms with Crippen molar-refractivity contribution in [3.8, 4) is 11.5 Å². The number of primary amides is 3. The molecule has 54 heteroatoms. The predicted molar refractivity (Wildman–Crippen MR) is 543 cm³/mol. The molecule has 0 aliphatic carbocycles. The molecule has 41 N–H and O–H groups in total. The van der Waals surface area contributed by atoms with E-state index in [0.29, 0.717) is 50.9 Å². The minimum Gasteiger partial charge on any atom is -0.508 e. The Balaban J connectivity index is 1.63. The molecular weight excluding hydrogens is 1940 g/mol. The second kappa shape index (κ2) is 63.9. The van der Waals surface area contributed by atoms with Crippen LogP contribution in [-0.4, -0.2) is 300 Å². The van der Waals surface area contributed by atoms with E-state index in [2.05, 4.69) is 101 Å². The number of urea groups is 3. The number of guanidine groups is 3. The number of hydrogen-bond acceptors (Lipinski definition) is 27. The average molecular weight is 2080 g/mol. The van der Waals surface area contributed by atoms with E-state index in [4.69, 9.17) is 62.1 Å². The normalized spacial score (nSPS) is 20.0. The monoisotopic (exact) mass is 2080 g/mol. The number of carbonyl (C=O) groups is 18. The van der Waals surface area contributed by atoms with E-state index in [1.54, 1.807) is 42.5 Å². The van der Waals surface area contributed by atoms with Gasteiger partial charge in [0.15, 0.2) is 17.9 Å². The number of nitrogens with two attached hydrogens (primary N) is 8. The summed E-state index contributed by atoms with van der Waals surface area (Å²) in [4.78, 5) is 263. The number of rotatable bonds is 48. The lowest BCUT2D eigenvalue weighted by Gasteiger charge is -2.31. The van der Waals surface area contributed by atoms with Crippen molar-refractivity contribution in [2.24, 2.45) is 45.9 Å². The third-order valence-corrected chi connectivity index (χ3v) is 25.8. The molecule has 4 aromatic carbocycles. The first-order valence-electron chi connectivity index (χ1n) is 48.1. The summed E-state index contributed by atoms with van der Waals surface area (Å²) in [5.74, 6) is -18.9. The summed E-state index contributed by atoms with van der Waals surface area (Å²) in [5, 5.41) is 106. The first kappa shape index (κ1) is 120. The van der Waals surface area contributed by atoms with Crippen molar-refractivity contribution < 1.29 is 102 Å². The van der Waals surface area contributed by atoms with Gasteiger partial charge in [0, 0.05) is 83.5 Å². The lowest BCUT2D eigenvalue weighted by Crippen LogP contribution is -2.61. The van der Waals surface area contributed by atoms with E-state index in [1.807, 2.05) is 0 Å². The summed E-state index contributed by atoms with van der Waals surface area (Å²) >= 11 is 0. The zero-order valence-electron chi connectivity index (χ0n) is 81.4. The Labute approximate surface area is 851 Å². The molecule has 2 heterocycles. The first-order valence-corrected chi connectivity index (χ1v) is 50.6. The molecule has 20 amide bonds. The Morgan fingerprint density at radius 3 is 1.25 bits per heavy atom. The molecule has 2 aliphatic rings. The molecular formula is C92H141N31O21S2. The van der Waals surface area contributed by atoms with Gasteiger partial charge in [-0.05, 0) is 193 Å². The van der Waals surface area contributed by atoms with Gasteiger partial charge < -0.3 is 167 Å². The highest BCUT2D eigenvalue weighted by molar-refractivity contribution is 8.76. The standard InChI is InChI=1S/C92H141N31O21S2/c1-51(124)110-59(19-10-41-107-90(101)142)73(127)112-63(21-9-39-105-88(97)98)77(131)118-69(48-54-26-31-55-15-2-3-16-56(55)45-54)81(135)122-71-50-146-145-49-70(82(136)117-66(86(140)141)24-13-40-106-89(99)100)121-78(132)64(23-12-43-109-92(103)144)113-75(129)62(22-11-42-108-91(102)143)115-80(134)68(47-53-29-34-58(126)35-30-53)120-84(138)72-25-14-44-123(72)85(139)65(18-5-7-37-94)116-76(130)60(17-4-6-36-93)111-74(128)61(20-8-38-104-87(95)96)114-79(133)67(119-83(71)137)46-52-27-32-57(125)33-28-52/h2-3,15-16,26-35,45,59-72,125-126H,4-14,17-25,36-44,46-50,93-94H2,1H3,(H,110,124)(H,111,128)(H,112,127)(H,113,129)(H,114,133)(H,115,134)(H,116,130)(H,117,136)(H,118,131)(H,119,137)(H,120,138)(H,121,132)(H,122,135)(H,140,141)(H4,95,96,104)(H4,97,98,105)(H4,99,100,106)(H3,101,107,142)(H3,102,108,143)(H3,103,109,144)/t59-,60-,61-,62-,63-,64-,65+,66-,67-,68-,69-,70-,71-,72-/m0/s1. The molecule has 14 atom stereocenters. The molecule has 0 unspecified atom stereocenters. The number of unbranched alkanes of at least 4 members (excludes halogenated alkanes) is 2. The number of carboxylic acids is 1. The number of hydrogen-bond donors (Lipinski definition) is 33. The van der Waals surface area contributed by atoms with Crippen LogP contribution < -0.4 is 147 Å². The molecule has 6 rings (SSSR count). The van der Waals surface area contributed by atoms with Crippen LogP contribution in [0.5, 0.6) is 11.5 Å². The molecule has 2 fully saturated rings. The largest absolute Gasteiger partial charge is 0.508 e. The molecule has 4 aromatic rings. The van der Waals surface area contributed by atoms with Gasteiger partial charge in [-0.1, -0.05) is 88.3 Å². The van der Waals surface area contributed by atoms with Crippen molar-refractivity contribution in [2.45, 2.75) is 239 Å². The summed E-state index contributed by atoms with van der Waals surface area (Å²) < 4.78 is 0. The Kier molecular flexibility index (Phi) is 52.4. The third-order valence-electron chi connectivity index (χ3n) is 23.4. The SMILES string of the molecule is CC(=O)N[C@@H](CCCNC(N)=O)C(=O)N[C@@H](CCCNC(=N)N)C(=O)N[C@@H](Cc1ccc2ccccc2c1)C(=O)N[C@H]1CSSC[C@@H](C(=O)N[C@@H](CCCNC(=N)N)C(=O)O)NC(=O)[C@H](CCCNC(N)=O)NC(=O)[C@H](CCCNC(N)=O)NC(=O)[C@H](Cc2ccc(O)cc2)NC(=O)[C@@H]2CCCN2C(=O)[C@@H](CCCCN)NC(=O)[C@H](CCCCN)NC(=O)[C@H](CCCNC(=N)N)NC(=O)[C@H](Cc2ccc(O)cc2)NC1=O. The smallest absolute Gasteiger partial charge is 0.326 e. The van der Waals surface area contributed by atoms with E-state index in [9.17, 15) is 44.1 Å². The van der Waals surface area contributed by atoms with Crippen LogP contribution in [0.3, 0.4) is 0 Å². The number of phenolic OH excluding ortho intramolecular Hbond substituents is 2. The number of carbonyl (C=O) groups excluding carboxylic acids is 17. The van der Waals surface area contributed by atoms with Crippen LogP contribution in [-0.2, 0) is 91.2 Å². The van der Waals surface area contributed by atoms with Gasteiger partial charge in [0.05, 0.1) is 0 Å². The fourth-order valence-corrected chi connectivity index (χ4v) is 18.2. The lowest BCUT2D eigenvalue weighted by molar-refractivity contribution is -0.142. The molecule has 52 nitrogen and oxygen atoms in total. The number of carboxylic acid groups (broad SMARTS) is 1. The molecule has 0 radical (unpaired) electrons. The van der Waals surface area contributed by atoms with Crippen LogP contribution >= 0.6 is 21.6 Å². The maximum Gasteiger partial charge on any atom is 0.326 e. The van der Waals surface area contributed by atoms with Crippen LogP contribution in [0.1, 0.15) is 152 Å². The average Bonchev–Trinajstić information content (AvgIpc) is 1.69. The fourth-order valence-electron chi connectivity index (χ4n) is 15.8. The lowest BCUT2D eigenvalue weighted by atomic mass is 10.00. The molecule has 0 saturated carbocycles. The van der Waals surface area contributed by atoms with Crippen molar-refractivity contribution in [1.82, 2.24) is 106 Å². The molecule has 0 spiro atoms. The minimum absolute atomic E-state index is 0.00528. The molecule has 0 aromatic heterocycles. The summed E-state index contributed by atoms with van der Waals surface area (Å²) in [6.45, 7) is 0.616. The van der Waals surface area contributed by atoms with Crippen molar-refractivity contribution >= 4 is 157 Å². The van der Waals surface area contributed by atoms with Crippen molar-refractivity contribution in [1.29, 1.82) is 16.2 Å². The van der Waals surface area contributed by atoms with Crippen LogP contribution in [0.25, 0.3) is 10.8 Å². The maximum absolute atomic E-state index is 16.1. The molecule has 2 saturated heterocycles. The Morgan fingerprint density at radius 2 is 0.795 bits per heavy atom. The summed E-state index contributed by atoms with van der Waals surface area (Å²) in [6, 6.07) is -3.21. The summed E-state index contributed by atoms with van der Waals surface area (Å²) in [6.07, 6.45) is -2.33. The molecule has 0 bridgehead atoms. The van der Waals surface area contributed by atoms with Gasteiger partial charge in [0.2, 0.25) is 82.7 Å². The quantitative estimate of drug-likeness (QED) is 0.00849. The molecule has 146 heavy (non-hydrogen) atoms. The van der Waals surface area contributed by atoms with Gasteiger partial charge in [-0.2, -0.15) is 0 Å². The third kappa shape index (κ3) is 44.5. The zero-order chi connectivity index (χ0) is 107. The summed E-state index contributed by atoms with van der Waals surface area (Å²) in [5.41, 5.74) is 46.0. The Morgan fingerprint density at radius 1 is 0.411 bits per heavy atom. The van der Waals surface area contributed by atoms with Crippen LogP contribution in [0, 0.1) is 16.2 Å². The number of nitrogens with one attached hydrogen (secondary N) is 22. The van der Waals surface area contributed by atoms with Crippen LogP contribution in [0.4, 0.5) is 14.4 Å². The van der Waals surface area contributed by atoms with Gasteiger partial charge >= 0.3 is 24.1 Å². The van der Waals surface area contributed by atoms with Gasteiger partial charge in [0.25, 0.3) is 0 Å². The van der Waals surface area contributed by atoms with Crippen molar-refractivity contribution in [3.05, 3.63) is 108 Å². The summed E-state index contributed by atoms with van der Waals surface area (Å²) in [7, 11) is 1.42. The highest BCUT2D eigenvalue weighted by Gasteiger charge is 2.43. The second-order valence-corrected chi connectivity index (χ2v) is 37.6. The van der Waals surface area contributed by atoms with E-state index >= 15 is 57.5 Å². The fraction of sp³-hybridized carbons (Fsp3) is 0.533. The molecule has 802 valence electrons. The van der Waals surface area contributed by atoms with Gasteiger partial charge in [0.1, 0.15) is 96.1 Å². The number of phenols is 2. The number of amides is 20. The van der Waals surface area contributed by atoms with Crippen LogP contribution in [0.15, 0.2) is 91.0 Å². The number of fused-ring (bicyclic) bond motifs is 2. The highest BCUT2D eigenvalue weighted by Crippen LogP contribution is 2.27. The Bertz CT molecular complexity index is 5110. The Hall–Kier alpha value is -15.0. The van der Waals surface area contributed by atoms with Crippen molar-refractivity contribution in [3.63, 3.8) is 0 Å². The van der Waals surface area contributed by atoms with Crippen molar-refractivity contribution in [2.75, 3.05) is 70.4 Å². The number of aromatic hydroxyl groups is 2. The number of aliphatic carboxylic acids is 1. The van der Waals surface area contributed by atoms with Gasteiger partial charge in [-0.25, -0.2) is 19.2 Å². The first-order chi connectivity index (χ1) is 69.6.